The van der Waals surface area contributed by atoms with Gasteiger partial charge in [0.05, 0.1) is 37.8 Å². The predicted molar refractivity (Wildman–Crippen MR) is 301 cm³/mol. The van der Waals surface area contributed by atoms with Crippen LogP contribution >= 0.6 is 0 Å². The number of hydrogen-bond acceptors (Lipinski definition) is 10. The Morgan fingerprint density at radius 1 is 0.507 bits per heavy atom. The Bertz CT molecular complexity index is 1290. The summed E-state index contributed by atoms with van der Waals surface area (Å²) < 4.78 is 25.9. The van der Waals surface area contributed by atoms with Crippen LogP contribution in [-0.2, 0) is 42.9 Å². The standard InChI is InChI=1S/2C13H24O2.C12H25NO2.C10H20O3.C7H16.C6H14/c1-10(9-13(2,3)4)15-12(14)11-7-5-6-8-11;1-13(2,3)9-6-10-15-12(14)11-7-4-5-8-11;1-9(2)10(13)11(14)15-8-6-7-12(3,4)5;1-5-6-12-7-9(11)13-8-10(2,3)4;1-5-6-7(2,3)4;1-5-6(2,3)4/h10-11H,5-9H2,1-4H3;11H,4-10H2,1-3H3;9-10H,6-8,13H2,1-5H3;5-8H2,1-4H3;5-6H2,1-4H3;5H2,1-4H3. The molecule has 2 N–H and O–H groups in total. The number of carbonyl (C=O) groups excluding carboxylic acids is 4. The minimum Gasteiger partial charge on any atom is -0.465 e. The van der Waals surface area contributed by atoms with Crippen LogP contribution in [-0.4, -0.2) is 69.1 Å². The van der Waals surface area contributed by atoms with Crippen molar-refractivity contribution < 1.29 is 42.9 Å². The SMILES string of the molecule is CC(C)(C)CCCOC(=O)C1CCCC1.CC(C)C(N)C(=O)OCCCC(C)(C)C.CC(CC(C)(C)C)OC(=O)C1CCCC1.CCC(C)(C)C.CCCC(C)(C)C.CCCOCC(=O)OCC(C)(C)C. The zero-order chi connectivity index (χ0) is 56.3. The van der Waals surface area contributed by atoms with Crippen LogP contribution in [0.5, 0.6) is 0 Å². The minimum atomic E-state index is -0.486. The fourth-order valence-corrected chi connectivity index (χ4v) is 6.95. The summed E-state index contributed by atoms with van der Waals surface area (Å²) >= 11 is 0. The van der Waals surface area contributed by atoms with E-state index in [9.17, 15) is 19.2 Å². The number of carbonyl (C=O) groups is 4. The Morgan fingerprint density at radius 3 is 1.24 bits per heavy atom. The van der Waals surface area contributed by atoms with Gasteiger partial charge in [-0.1, -0.05) is 198 Å². The molecular weight excluding hydrogens is 891 g/mol. The summed E-state index contributed by atoms with van der Waals surface area (Å²) in [4.78, 5) is 45.6. The van der Waals surface area contributed by atoms with Crippen molar-refractivity contribution in [3.05, 3.63) is 0 Å². The molecule has 426 valence electrons. The normalized spacial score (nSPS) is 15.4. The molecule has 0 saturated heterocycles. The molecule has 10 nitrogen and oxygen atoms in total. The number of nitrogens with two attached hydrogens (primary N) is 1. The third kappa shape index (κ3) is 58.6. The molecule has 2 saturated carbocycles. The molecule has 0 aromatic heterocycles. The molecule has 0 radical (unpaired) electrons. The second-order valence-corrected chi connectivity index (χ2v) is 27.9. The van der Waals surface area contributed by atoms with Crippen molar-refractivity contribution >= 4 is 23.9 Å². The third-order valence-corrected chi connectivity index (χ3v) is 11.5. The lowest BCUT2D eigenvalue weighted by molar-refractivity contribution is -0.154. The summed E-state index contributed by atoms with van der Waals surface area (Å²) in [5, 5.41) is 0. The summed E-state index contributed by atoms with van der Waals surface area (Å²) in [7, 11) is 0. The predicted octanol–water partition coefficient (Wildman–Crippen LogP) is 16.7. The lowest BCUT2D eigenvalue weighted by atomic mass is 9.90. The molecule has 0 heterocycles. The van der Waals surface area contributed by atoms with E-state index in [1.54, 1.807) is 0 Å². The topological polar surface area (TPSA) is 140 Å². The maximum Gasteiger partial charge on any atom is 0.332 e. The Kier molecular flexibility index (Phi) is 41.6. The van der Waals surface area contributed by atoms with Gasteiger partial charge in [0.15, 0.2) is 0 Å². The Labute approximate surface area is 441 Å². The lowest BCUT2D eigenvalue weighted by Crippen LogP contribution is -2.37. The van der Waals surface area contributed by atoms with Crippen LogP contribution in [0.4, 0.5) is 0 Å². The molecule has 2 atom stereocenters. The molecule has 2 unspecified atom stereocenters. The quantitative estimate of drug-likeness (QED) is 0.0801. The molecule has 2 fully saturated rings. The number of esters is 4. The number of hydrogen-bond donors (Lipinski definition) is 1. The highest BCUT2D eigenvalue weighted by molar-refractivity contribution is 5.75. The van der Waals surface area contributed by atoms with Gasteiger partial charge in [0.2, 0.25) is 0 Å². The molecule has 0 aliphatic heterocycles. The van der Waals surface area contributed by atoms with Gasteiger partial charge in [0, 0.05) is 6.61 Å². The van der Waals surface area contributed by atoms with Crippen LogP contribution in [0, 0.1) is 50.2 Å². The molecule has 0 spiro atoms. The summed E-state index contributed by atoms with van der Waals surface area (Å²) in [6, 6.07) is -0.486. The molecule has 10 heteroatoms. The molecule has 0 aromatic rings. The van der Waals surface area contributed by atoms with E-state index in [0.717, 1.165) is 64.2 Å². The van der Waals surface area contributed by atoms with Gasteiger partial charge in [-0.3, -0.25) is 14.4 Å². The second kappa shape index (κ2) is 39.2. The summed E-state index contributed by atoms with van der Waals surface area (Å²) in [5.74, 6) is 0.0557. The largest absolute Gasteiger partial charge is 0.465 e. The molecule has 0 amide bonds. The zero-order valence-electron chi connectivity index (χ0n) is 51.7. The van der Waals surface area contributed by atoms with E-state index in [4.69, 9.17) is 29.4 Å². The van der Waals surface area contributed by atoms with E-state index in [1.165, 1.54) is 44.9 Å². The first kappa shape index (κ1) is 75.3. The van der Waals surface area contributed by atoms with Crippen molar-refractivity contribution in [1.82, 2.24) is 0 Å². The summed E-state index contributed by atoms with van der Waals surface area (Å²) in [5.41, 5.74) is 7.65. The van der Waals surface area contributed by atoms with Crippen molar-refractivity contribution in [3.63, 3.8) is 0 Å². The lowest BCUT2D eigenvalue weighted by Gasteiger charge is -2.24. The van der Waals surface area contributed by atoms with Gasteiger partial charge in [-0.2, -0.15) is 0 Å². The van der Waals surface area contributed by atoms with Crippen LogP contribution in [0.25, 0.3) is 0 Å². The molecular formula is C61H123NO9. The maximum atomic E-state index is 11.7. The van der Waals surface area contributed by atoms with Crippen LogP contribution in [0.3, 0.4) is 0 Å². The third-order valence-electron chi connectivity index (χ3n) is 11.5. The fourth-order valence-electron chi connectivity index (χ4n) is 6.95. The highest BCUT2D eigenvalue weighted by Gasteiger charge is 2.27. The van der Waals surface area contributed by atoms with Crippen LogP contribution in [0.15, 0.2) is 0 Å². The van der Waals surface area contributed by atoms with E-state index in [-0.39, 0.29) is 65.2 Å². The first-order valence-electron chi connectivity index (χ1n) is 28.2. The molecule has 0 bridgehead atoms. The first-order valence-corrected chi connectivity index (χ1v) is 28.2. The number of ether oxygens (including phenoxy) is 5. The number of rotatable bonds is 18. The van der Waals surface area contributed by atoms with Gasteiger partial charge in [-0.05, 0) is 116 Å². The summed E-state index contributed by atoms with van der Waals surface area (Å²) in [6.45, 7) is 53.8. The molecule has 71 heavy (non-hydrogen) atoms. The minimum absolute atomic E-state index is 0.0282. The van der Waals surface area contributed by atoms with E-state index >= 15 is 0 Å². The van der Waals surface area contributed by atoms with Gasteiger partial charge in [0.1, 0.15) is 12.6 Å². The van der Waals surface area contributed by atoms with Crippen molar-refractivity contribution in [2.24, 2.45) is 56.0 Å². The van der Waals surface area contributed by atoms with E-state index in [2.05, 4.69) is 118 Å². The van der Waals surface area contributed by atoms with E-state index < -0.39 is 6.04 Å². The van der Waals surface area contributed by atoms with E-state index in [0.29, 0.717) is 48.1 Å². The Balaban J connectivity index is -0.000000390. The Hall–Kier alpha value is -2.20. The average molecular weight is 1010 g/mol. The molecule has 2 rings (SSSR count). The van der Waals surface area contributed by atoms with Crippen molar-refractivity contribution in [1.29, 1.82) is 0 Å². The van der Waals surface area contributed by atoms with Crippen LogP contribution < -0.4 is 5.73 Å². The van der Waals surface area contributed by atoms with Gasteiger partial charge in [-0.15, -0.1) is 0 Å². The van der Waals surface area contributed by atoms with Gasteiger partial charge in [-0.25, -0.2) is 4.79 Å². The zero-order valence-corrected chi connectivity index (χ0v) is 51.7. The van der Waals surface area contributed by atoms with E-state index in [1.807, 2.05) is 48.5 Å². The summed E-state index contributed by atoms with van der Waals surface area (Å²) in [6.07, 6.45) is 18.8. The van der Waals surface area contributed by atoms with Gasteiger partial charge < -0.3 is 29.4 Å². The smallest absolute Gasteiger partial charge is 0.332 e. The second-order valence-electron chi connectivity index (χ2n) is 27.9. The van der Waals surface area contributed by atoms with Crippen molar-refractivity contribution in [2.45, 2.75) is 287 Å². The van der Waals surface area contributed by atoms with Crippen LogP contribution in [0.2, 0.25) is 0 Å². The highest BCUT2D eigenvalue weighted by atomic mass is 16.6. The van der Waals surface area contributed by atoms with Gasteiger partial charge >= 0.3 is 23.9 Å². The first-order chi connectivity index (χ1) is 32.2. The maximum absolute atomic E-state index is 11.7. The highest BCUT2D eigenvalue weighted by Crippen LogP contribution is 2.29. The monoisotopic (exact) mass is 1010 g/mol. The van der Waals surface area contributed by atoms with Gasteiger partial charge in [0.25, 0.3) is 0 Å². The average Bonchev–Trinajstić information content (AvgIpc) is 3.95. The fraction of sp³-hybridized carbons (Fsp3) is 0.934. The molecule has 2 aliphatic carbocycles. The Morgan fingerprint density at radius 2 is 0.915 bits per heavy atom. The van der Waals surface area contributed by atoms with Crippen LogP contribution in [0.1, 0.15) is 275 Å². The van der Waals surface area contributed by atoms with Crippen molar-refractivity contribution in [3.8, 4) is 0 Å². The van der Waals surface area contributed by atoms with Crippen molar-refractivity contribution in [2.75, 3.05) is 33.0 Å². The molecule has 0 aromatic carbocycles. The molecule has 2 aliphatic rings.